The number of Topliss-reactive ketones (excluding diaryl/α,β-unsaturated/α-hetero) is 1. The van der Waals surface area contributed by atoms with Gasteiger partial charge in [-0.05, 0) is 37.0 Å². The highest BCUT2D eigenvalue weighted by Crippen LogP contribution is 2.32. The molecule has 0 saturated carbocycles. The van der Waals surface area contributed by atoms with Crippen molar-refractivity contribution in [3.63, 3.8) is 0 Å². The molecule has 0 aromatic heterocycles. The van der Waals surface area contributed by atoms with Gasteiger partial charge in [-0.15, -0.1) is 0 Å². The third kappa shape index (κ3) is 4.16. The van der Waals surface area contributed by atoms with Crippen molar-refractivity contribution in [1.29, 1.82) is 0 Å². The minimum atomic E-state index is -0.637. The predicted molar refractivity (Wildman–Crippen MR) is 102 cm³/mol. The standard InChI is InChI=1S/C20H24FN3O4/c1-12(25)22-9-16-11-24(20(27)28-16)15-7-13-5-4-6-14(10-23(2)3)19(26)18(13)17(21)8-15/h7-8,10,16H,4-6,9,11H2,1-3H3,(H,22,25)/t16-/m0/s1. The number of hydrogen-bond acceptors (Lipinski definition) is 5. The van der Waals surface area contributed by atoms with Crippen LogP contribution in [0.5, 0.6) is 0 Å². The molecule has 2 amide bonds. The molecule has 1 N–H and O–H groups in total. The largest absolute Gasteiger partial charge is 0.442 e. The van der Waals surface area contributed by atoms with Crippen molar-refractivity contribution >= 4 is 23.5 Å². The predicted octanol–water partition coefficient (Wildman–Crippen LogP) is 2.25. The number of amides is 2. The zero-order chi connectivity index (χ0) is 20.4. The van der Waals surface area contributed by atoms with E-state index in [4.69, 9.17) is 4.74 Å². The van der Waals surface area contributed by atoms with Gasteiger partial charge in [-0.2, -0.15) is 0 Å². The van der Waals surface area contributed by atoms with E-state index in [1.165, 1.54) is 17.9 Å². The summed E-state index contributed by atoms with van der Waals surface area (Å²) >= 11 is 0. The highest BCUT2D eigenvalue weighted by Gasteiger charge is 2.34. The van der Waals surface area contributed by atoms with Gasteiger partial charge in [0.25, 0.3) is 0 Å². The molecule has 1 heterocycles. The van der Waals surface area contributed by atoms with Crippen molar-refractivity contribution in [2.45, 2.75) is 32.3 Å². The maximum atomic E-state index is 14.9. The summed E-state index contributed by atoms with van der Waals surface area (Å²) < 4.78 is 20.1. The lowest BCUT2D eigenvalue weighted by Gasteiger charge is -2.17. The van der Waals surface area contributed by atoms with Gasteiger partial charge in [-0.3, -0.25) is 14.5 Å². The van der Waals surface area contributed by atoms with Gasteiger partial charge >= 0.3 is 6.09 Å². The Morgan fingerprint density at radius 3 is 2.79 bits per heavy atom. The average Bonchev–Trinajstić information content (AvgIpc) is 2.91. The fraction of sp³-hybridized carbons (Fsp3) is 0.450. The quantitative estimate of drug-likeness (QED) is 0.631. The number of ketones is 1. The second kappa shape index (κ2) is 8.00. The number of allylic oxidation sites excluding steroid dienone is 1. The number of carbonyl (C=O) groups is 3. The SMILES string of the molecule is CC(=O)NC[C@H]1CN(c2cc(F)c3c(c2)CCCC(=CN(C)C)C3=O)C(=O)O1. The Morgan fingerprint density at radius 2 is 2.11 bits per heavy atom. The van der Waals surface area contributed by atoms with Crippen LogP contribution in [0.4, 0.5) is 14.9 Å². The minimum absolute atomic E-state index is 0.0803. The van der Waals surface area contributed by atoms with Crippen LogP contribution in [-0.2, 0) is 16.0 Å². The number of halogens is 1. The van der Waals surface area contributed by atoms with Crippen LogP contribution >= 0.6 is 0 Å². The van der Waals surface area contributed by atoms with Gasteiger partial charge in [0.1, 0.15) is 11.9 Å². The summed E-state index contributed by atoms with van der Waals surface area (Å²) in [5, 5.41) is 2.60. The molecule has 1 saturated heterocycles. The Balaban J connectivity index is 1.88. The second-order valence-electron chi connectivity index (χ2n) is 7.32. The smallest absolute Gasteiger partial charge is 0.414 e. The fourth-order valence-electron chi connectivity index (χ4n) is 3.53. The first-order valence-corrected chi connectivity index (χ1v) is 9.23. The molecule has 1 aromatic rings. The molecule has 0 spiro atoms. The summed E-state index contributed by atoms with van der Waals surface area (Å²) in [6.07, 6.45) is 2.48. The molecule has 1 aliphatic heterocycles. The molecule has 1 atom stereocenters. The number of nitrogens with zero attached hydrogens (tertiary/aromatic N) is 2. The van der Waals surface area contributed by atoms with E-state index in [0.717, 1.165) is 6.42 Å². The van der Waals surface area contributed by atoms with Crippen molar-refractivity contribution in [2.24, 2.45) is 0 Å². The molecular formula is C20H24FN3O4. The van der Waals surface area contributed by atoms with E-state index in [9.17, 15) is 18.8 Å². The van der Waals surface area contributed by atoms with Gasteiger partial charge in [-0.1, -0.05) is 0 Å². The van der Waals surface area contributed by atoms with E-state index in [-0.39, 0.29) is 30.3 Å². The van der Waals surface area contributed by atoms with Gasteiger partial charge in [0.15, 0.2) is 5.78 Å². The first-order valence-electron chi connectivity index (χ1n) is 9.23. The Kier molecular flexibility index (Phi) is 5.67. The maximum absolute atomic E-state index is 14.9. The monoisotopic (exact) mass is 389 g/mol. The number of fused-ring (bicyclic) bond motifs is 1. The third-order valence-corrected chi connectivity index (χ3v) is 4.75. The topological polar surface area (TPSA) is 79.0 Å². The summed E-state index contributed by atoms with van der Waals surface area (Å²) in [6.45, 7) is 1.78. The highest BCUT2D eigenvalue weighted by molar-refractivity contribution is 6.10. The third-order valence-electron chi connectivity index (χ3n) is 4.75. The minimum Gasteiger partial charge on any atom is -0.442 e. The molecule has 1 fully saturated rings. The zero-order valence-electron chi connectivity index (χ0n) is 16.3. The maximum Gasteiger partial charge on any atom is 0.414 e. The number of benzene rings is 1. The Morgan fingerprint density at radius 1 is 1.36 bits per heavy atom. The number of carbonyl (C=O) groups excluding carboxylic acids is 3. The number of rotatable bonds is 4. The molecule has 2 aliphatic rings. The molecule has 150 valence electrons. The van der Waals surface area contributed by atoms with Crippen LogP contribution in [0.3, 0.4) is 0 Å². The lowest BCUT2D eigenvalue weighted by molar-refractivity contribution is -0.119. The summed E-state index contributed by atoms with van der Waals surface area (Å²) in [7, 11) is 3.64. The molecule has 3 rings (SSSR count). The Hall–Kier alpha value is -2.90. The van der Waals surface area contributed by atoms with Crippen molar-refractivity contribution < 1.29 is 23.5 Å². The molecule has 0 bridgehead atoms. The van der Waals surface area contributed by atoms with Crippen molar-refractivity contribution in [3.05, 3.63) is 40.8 Å². The van der Waals surface area contributed by atoms with E-state index >= 15 is 0 Å². The molecule has 28 heavy (non-hydrogen) atoms. The molecule has 1 aromatic carbocycles. The van der Waals surface area contributed by atoms with Crippen molar-refractivity contribution in [3.8, 4) is 0 Å². The van der Waals surface area contributed by atoms with E-state index in [1.807, 2.05) is 14.1 Å². The number of ether oxygens (including phenoxy) is 1. The Labute approximate surface area is 163 Å². The van der Waals surface area contributed by atoms with Crippen LogP contribution in [0.1, 0.15) is 35.7 Å². The summed E-state index contributed by atoms with van der Waals surface area (Å²) in [6, 6.07) is 2.90. The zero-order valence-corrected chi connectivity index (χ0v) is 16.3. The number of hydrogen-bond donors (Lipinski definition) is 1. The van der Waals surface area contributed by atoms with Crippen LogP contribution < -0.4 is 10.2 Å². The normalized spacial score (nSPS) is 20.6. The molecule has 0 radical (unpaired) electrons. The van der Waals surface area contributed by atoms with Gasteiger partial charge in [0, 0.05) is 32.8 Å². The van der Waals surface area contributed by atoms with Crippen molar-refractivity contribution in [2.75, 3.05) is 32.1 Å². The molecular weight excluding hydrogens is 365 g/mol. The van der Waals surface area contributed by atoms with Crippen molar-refractivity contribution in [1.82, 2.24) is 10.2 Å². The van der Waals surface area contributed by atoms with Crippen LogP contribution in [0, 0.1) is 5.82 Å². The Bertz CT molecular complexity index is 850. The number of cyclic esters (lactones) is 1. The van der Waals surface area contributed by atoms with Gasteiger partial charge in [0.05, 0.1) is 24.3 Å². The summed E-state index contributed by atoms with van der Waals surface area (Å²) in [5.74, 6) is -1.16. The van der Waals surface area contributed by atoms with Crippen LogP contribution in [0.15, 0.2) is 23.9 Å². The van der Waals surface area contributed by atoms with Gasteiger partial charge in [-0.25, -0.2) is 9.18 Å². The lowest BCUT2D eigenvalue weighted by Crippen LogP contribution is -2.33. The first kappa shape index (κ1) is 19.9. The summed E-state index contributed by atoms with van der Waals surface area (Å²) in [4.78, 5) is 39.2. The molecule has 8 heteroatoms. The first-order chi connectivity index (χ1) is 13.3. The second-order valence-corrected chi connectivity index (χ2v) is 7.32. The number of nitrogens with one attached hydrogen (secondary N) is 1. The molecule has 7 nitrogen and oxygen atoms in total. The molecule has 1 aliphatic carbocycles. The van der Waals surface area contributed by atoms with Crippen LogP contribution in [-0.4, -0.2) is 56.0 Å². The number of anilines is 1. The fourth-order valence-corrected chi connectivity index (χ4v) is 3.53. The summed E-state index contributed by atoms with van der Waals surface area (Å²) in [5.41, 5.74) is 1.61. The van der Waals surface area contributed by atoms with Crippen LogP contribution in [0.2, 0.25) is 0 Å². The molecule has 0 unspecified atom stereocenters. The highest BCUT2D eigenvalue weighted by atomic mass is 19.1. The van der Waals surface area contributed by atoms with Gasteiger partial charge in [0.2, 0.25) is 5.91 Å². The van der Waals surface area contributed by atoms with Crippen LogP contribution in [0.25, 0.3) is 0 Å². The lowest BCUT2D eigenvalue weighted by atomic mass is 9.98. The number of aryl methyl sites for hydroxylation is 1. The van der Waals surface area contributed by atoms with E-state index in [2.05, 4.69) is 5.32 Å². The van der Waals surface area contributed by atoms with E-state index in [0.29, 0.717) is 29.7 Å². The average molecular weight is 389 g/mol. The van der Waals surface area contributed by atoms with E-state index in [1.54, 1.807) is 17.2 Å². The van der Waals surface area contributed by atoms with Gasteiger partial charge < -0.3 is 15.0 Å². The van der Waals surface area contributed by atoms with E-state index < -0.39 is 18.0 Å².